The highest BCUT2D eigenvalue weighted by Gasteiger charge is 2.13. The van der Waals surface area contributed by atoms with Crippen LogP contribution in [0.4, 0.5) is 4.79 Å². The highest BCUT2D eigenvalue weighted by Crippen LogP contribution is 2.35. The monoisotopic (exact) mass is 274 g/mol. The van der Waals surface area contributed by atoms with Crippen molar-refractivity contribution in [3.05, 3.63) is 22.2 Å². The Bertz CT molecular complexity index is 376. The predicted molar refractivity (Wildman–Crippen MR) is 58.5 cm³/mol. The Hall–Kier alpha value is -1.23. The van der Waals surface area contributed by atoms with E-state index in [1.54, 1.807) is 6.07 Å². The van der Waals surface area contributed by atoms with Gasteiger partial charge in [-0.05, 0) is 18.6 Å². The lowest BCUT2D eigenvalue weighted by atomic mass is 10.1. The smallest absolute Gasteiger partial charge is 0.504 e. The standard InChI is InChI=1S/C10H11BrO4/c1-2-3-6-7(11)4-5-8(9(6)12)15-10(13)14/h4-5,12H,2-3H2,1H3,(H,13,14). The minimum absolute atomic E-state index is 0.0332. The third-order valence-corrected chi connectivity index (χ3v) is 2.63. The van der Waals surface area contributed by atoms with E-state index in [1.165, 1.54) is 6.07 Å². The van der Waals surface area contributed by atoms with Gasteiger partial charge < -0.3 is 14.9 Å². The largest absolute Gasteiger partial charge is 0.511 e. The molecule has 0 aliphatic carbocycles. The molecule has 82 valence electrons. The maximum absolute atomic E-state index is 10.3. The van der Waals surface area contributed by atoms with Gasteiger partial charge in [0.15, 0.2) is 11.5 Å². The summed E-state index contributed by atoms with van der Waals surface area (Å²) in [6, 6.07) is 3.07. The number of carboxylic acid groups (broad SMARTS) is 1. The first-order valence-corrected chi connectivity index (χ1v) is 5.26. The lowest BCUT2D eigenvalue weighted by Crippen LogP contribution is -2.04. The molecule has 0 aromatic heterocycles. The molecule has 5 heteroatoms. The minimum atomic E-state index is -1.44. The summed E-state index contributed by atoms with van der Waals surface area (Å²) in [7, 11) is 0. The van der Waals surface area contributed by atoms with E-state index in [0.717, 1.165) is 10.9 Å². The first kappa shape index (κ1) is 11.8. The molecule has 1 rings (SSSR count). The molecule has 1 aromatic rings. The van der Waals surface area contributed by atoms with Gasteiger partial charge in [-0.2, -0.15) is 0 Å². The van der Waals surface area contributed by atoms with Crippen molar-refractivity contribution < 1.29 is 19.7 Å². The number of hydrogen-bond donors (Lipinski definition) is 2. The molecule has 0 aliphatic heterocycles. The van der Waals surface area contributed by atoms with E-state index in [9.17, 15) is 9.90 Å². The lowest BCUT2D eigenvalue weighted by Gasteiger charge is -2.09. The van der Waals surface area contributed by atoms with Crippen molar-refractivity contribution in [1.29, 1.82) is 0 Å². The number of phenolic OH excluding ortho intramolecular Hbond substituents is 1. The van der Waals surface area contributed by atoms with Gasteiger partial charge in [-0.1, -0.05) is 29.3 Å². The Morgan fingerprint density at radius 1 is 1.53 bits per heavy atom. The van der Waals surface area contributed by atoms with Crippen molar-refractivity contribution >= 4 is 22.1 Å². The van der Waals surface area contributed by atoms with Crippen molar-refractivity contribution in [1.82, 2.24) is 0 Å². The van der Waals surface area contributed by atoms with Crippen LogP contribution in [0.1, 0.15) is 18.9 Å². The number of benzene rings is 1. The zero-order valence-corrected chi connectivity index (χ0v) is 9.74. The Balaban J connectivity index is 3.09. The number of ether oxygens (including phenoxy) is 1. The summed E-state index contributed by atoms with van der Waals surface area (Å²) in [4.78, 5) is 10.3. The van der Waals surface area contributed by atoms with E-state index in [2.05, 4.69) is 20.7 Å². The molecule has 0 saturated heterocycles. The zero-order chi connectivity index (χ0) is 11.4. The fourth-order valence-electron chi connectivity index (χ4n) is 1.25. The highest BCUT2D eigenvalue weighted by molar-refractivity contribution is 9.10. The first-order valence-electron chi connectivity index (χ1n) is 4.47. The maximum Gasteiger partial charge on any atom is 0.511 e. The van der Waals surface area contributed by atoms with Crippen LogP contribution in [0.2, 0.25) is 0 Å². The summed E-state index contributed by atoms with van der Waals surface area (Å²) < 4.78 is 5.18. The Labute approximate surface area is 95.6 Å². The van der Waals surface area contributed by atoms with Crippen LogP contribution in [0.5, 0.6) is 11.5 Å². The van der Waals surface area contributed by atoms with E-state index >= 15 is 0 Å². The van der Waals surface area contributed by atoms with Gasteiger partial charge in [0.1, 0.15) is 0 Å². The van der Waals surface area contributed by atoms with Crippen LogP contribution < -0.4 is 4.74 Å². The second-order valence-corrected chi connectivity index (χ2v) is 3.84. The van der Waals surface area contributed by atoms with Crippen LogP contribution >= 0.6 is 15.9 Å². The van der Waals surface area contributed by atoms with E-state index in [4.69, 9.17) is 5.11 Å². The highest BCUT2D eigenvalue weighted by atomic mass is 79.9. The summed E-state index contributed by atoms with van der Waals surface area (Å²) in [5, 5.41) is 18.2. The van der Waals surface area contributed by atoms with E-state index in [0.29, 0.717) is 12.0 Å². The van der Waals surface area contributed by atoms with Crippen LogP contribution in [0, 0.1) is 0 Å². The number of rotatable bonds is 3. The van der Waals surface area contributed by atoms with Gasteiger partial charge in [-0.15, -0.1) is 0 Å². The summed E-state index contributed by atoms with van der Waals surface area (Å²) in [5.41, 5.74) is 0.663. The van der Waals surface area contributed by atoms with Gasteiger partial charge in [-0.25, -0.2) is 4.79 Å². The van der Waals surface area contributed by atoms with Crippen molar-refractivity contribution in [2.24, 2.45) is 0 Å². The number of carbonyl (C=O) groups is 1. The molecule has 0 radical (unpaired) electrons. The molecule has 0 aliphatic rings. The van der Waals surface area contributed by atoms with Crippen molar-refractivity contribution in [3.8, 4) is 11.5 Å². The van der Waals surface area contributed by atoms with Gasteiger partial charge >= 0.3 is 6.16 Å². The number of hydrogen-bond acceptors (Lipinski definition) is 3. The molecular weight excluding hydrogens is 264 g/mol. The number of halogens is 1. The lowest BCUT2D eigenvalue weighted by molar-refractivity contribution is 0.143. The molecule has 0 spiro atoms. The topological polar surface area (TPSA) is 66.8 Å². The summed E-state index contributed by atoms with van der Waals surface area (Å²) >= 11 is 3.29. The Morgan fingerprint density at radius 2 is 2.20 bits per heavy atom. The fourth-order valence-corrected chi connectivity index (χ4v) is 1.77. The average Bonchev–Trinajstić information content (AvgIpc) is 2.16. The summed E-state index contributed by atoms with van der Waals surface area (Å²) in [6.45, 7) is 1.97. The molecule has 0 amide bonds. The van der Waals surface area contributed by atoms with E-state index in [-0.39, 0.29) is 11.5 Å². The SMILES string of the molecule is CCCc1c(Br)ccc(OC(=O)O)c1O. The Kier molecular flexibility index (Phi) is 3.96. The molecule has 15 heavy (non-hydrogen) atoms. The molecule has 0 bridgehead atoms. The van der Waals surface area contributed by atoms with Crippen molar-refractivity contribution in [2.75, 3.05) is 0 Å². The molecule has 0 fully saturated rings. The molecule has 4 nitrogen and oxygen atoms in total. The zero-order valence-electron chi connectivity index (χ0n) is 8.16. The normalized spacial score (nSPS) is 10.0. The van der Waals surface area contributed by atoms with Gasteiger partial charge in [0.2, 0.25) is 0 Å². The predicted octanol–water partition coefficient (Wildman–Crippen LogP) is 3.16. The minimum Gasteiger partial charge on any atom is -0.504 e. The molecular formula is C10H11BrO4. The quantitative estimate of drug-likeness (QED) is 0.656. The van der Waals surface area contributed by atoms with Gasteiger partial charge in [0.05, 0.1) is 0 Å². The second-order valence-electron chi connectivity index (χ2n) is 2.99. The molecule has 2 N–H and O–H groups in total. The van der Waals surface area contributed by atoms with E-state index < -0.39 is 6.16 Å². The molecule has 0 atom stereocenters. The van der Waals surface area contributed by atoms with Crippen LogP contribution in [-0.2, 0) is 6.42 Å². The van der Waals surface area contributed by atoms with Crippen molar-refractivity contribution in [3.63, 3.8) is 0 Å². The third kappa shape index (κ3) is 2.86. The van der Waals surface area contributed by atoms with Crippen LogP contribution in [-0.4, -0.2) is 16.4 Å². The van der Waals surface area contributed by atoms with Crippen LogP contribution in [0.15, 0.2) is 16.6 Å². The second kappa shape index (κ2) is 5.02. The van der Waals surface area contributed by atoms with Crippen LogP contribution in [0.3, 0.4) is 0 Å². The van der Waals surface area contributed by atoms with Gasteiger partial charge in [-0.3, -0.25) is 0 Å². The van der Waals surface area contributed by atoms with Crippen molar-refractivity contribution in [2.45, 2.75) is 19.8 Å². The fraction of sp³-hybridized carbons (Fsp3) is 0.300. The molecule has 0 heterocycles. The molecule has 1 aromatic carbocycles. The Morgan fingerprint density at radius 3 is 2.73 bits per heavy atom. The molecule has 0 unspecified atom stereocenters. The molecule has 0 saturated carbocycles. The first-order chi connectivity index (χ1) is 7.06. The maximum atomic E-state index is 10.3. The number of aromatic hydroxyl groups is 1. The third-order valence-electron chi connectivity index (χ3n) is 1.89. The van der Waals surface area contributed by atoms with Gasteiger partial charge in [0, 0.05) is 10.0 Å². The van der Waals surface area contributed by atoms with E-state index in [1.807, 2.05) is 6.92 Å². The van der Waals surface area contributed by atoms with Gasteiger partial charge in [0.25, 0.3) is 0 Å². The van der Waals surface area contributed by atoms with Crippen LogP contribution in [0.25, 0.3) is 0 Å². The number of phenols is 1. The average molecular weight is 275 g/mol. The summed E-state index contributed by atoms with van der Waals surface area (Å²) in [5.74, 6) is -0.150. The summed E-state index contributed by atoms with van der Waals surface area (Å²) in [6.07, 6.45) is 0.0708.